The number of hydrogen-bond acceptors (Lipinski definition) is 3. The lowest BCUT2D eigenvalue weighted by molar-refractivity contribution is -0.138. The van der Waals surface area contributed by atoms with Crippen molar-refractivity contribution in [3.05, 3.63) is 114 Å². The first-order valence-corrected chi connectivity index (χ1v) is 13.4. The molecule has 218 valence electrons. The number of halogens is 6. The van der Waals surface area contributed by atoms with E-state index in [4.69, 9.17) is 9.39 Å². The maximum atomic E-state index is 13.0. The Morgan fingerprint density at radius 1 is 0.619 bits per heavy atom. The number of hydrogen-bond donors (Lipinski definition) is 1. The van der Waals surface area contributed by atoms with Crippen LogP contribution in [0.15, 0.2) is 97.1 Å². The highest BCUT2D eigenvalue weighted by molar-refractivity contribution is 6.84. The van der Waals surface area contributed by atoms with Gasteiger partial charge in [0, 0.05) is 13.2 Å². The van der Waals surface area contributed by atoms with E-state index in [-0.39, 0.29) is 6.71 Å². The van der Waals surface area contributed by atoms with E-state index in [1.807, 2.05) is 55.4 Å². The van der Waals surface area contributed by atoms with Crippen molar-refractivity contribution in [2.24, 2.45) is 0 Å². The minimum atomic E-state index is -4.41. The molecule has 0 radical (unpaired) electrons. The second-order valence-electron chi connectivity index (χ2n) is 9.91. The fourth-order valence-electron chi connectivity index (χ4n) is 4.47. The highest BCUT2D eigenvalue weighted by atomic mass is 19.4. The Kier molecular flexibility index (Phi) is 10.1. The molecule has 0 aliphatic rings. The van der Waals surface area contributed by atoms with Gasteiger partial charge in [-0.3, -0.25) is 0 Å². The quantitative estimate of drug-likeness (QED) is 0.155. The van der Waals surface area contributed by atoms with Gasteiger partial charge in [0.15, 0.2) is 0 Å². The summed E-state index contributed by atoms with van der Waals surface area (Å²) in [5, 5.41) is 2.99. The molecular formula is C31H29B2F6NO2. The summed E-state index contributed by atoms with van der Waals surface area (Å²) >= 11 is 0. The van der Waals surface area contributed by atoms with E-state index >= 15 is 0 Å². The van der Waals surface area contributed by atoms with Crippen molar-refractivity contribution in [3.8, 4) is 5.75 Å². The van der Waals surface area contributed by atoms with Crippen molar-refractivity contribution < 1.29 is 35.7 Å². The van der Waals surface area contributed by atoms with E-state index in [2.05, 4.69) is 5.32 Å². The topological polar surface area (TPSA) is 30.5 Å². The van der Waals surface area contributed by atoms with Crippen LogP contribution in [0.2, 0.25) is 6.82 Å². The number of ether oxygens (including phenoxy) is 1. The van der Waals surface area contributed by atoms with Crippen LogP contribution in [-0.4, -0.2) is 33.8 Å². The van der Waals surface area contributed by atoms with Crippen LogP contribution < -0.4 is 31.9 Å². The maximum Gasteiger partial charge on any atom is 0.416 e. The number of benzene rings is 4. The van der Waals surface area contributed by atoms with Gasteiger partial charge in [-0.2, -0.15) is 26.3 Å². The summed E-state index contributed by atoms with van der Waals surface area (Å²) < 4.78 is 89.6. The minimum absolute atomic E-state index is 0.0955. The van der Waals surface area contributed by atoms with E-state index < -0.39 is 30.4 Å². The predicted octanol–water partition coefficient (Wildman–Crippen LogP) is 4.88. The minimum Gasteiger partial charge on any atom is -0.489 e. The second-order valence-corrected chi connectivity index (χ2v) is 9.91. The van der Waals surface area contributed by atoms with Crippen molar-refractivity contribution in [2.45, 2.75) is 25.8 Å². The lowest BCUT2D eigenvalue weighted by Crippen LogP contribution is -2.46. The molecule has 1 N–H and O–H groups in total. The Morgan fingerprint density at radius 3 is 1.50 bits per heavy atom. The van der Waals surface area contributed by atoms with Crippen LogP contribution in [0.1, 0.15) is 16.7 Å². The summed E-state index contributed by atoms with van der Waals surface area (Å²) in [6.45, 7) is 2.56. The molecule has 4 rings (SSSR count). The molecule has 0 unspecified atom stereocenters. The summed E-state index contributed by atoms with van der Waals surface area (Å²) in [7, 11) is 1.79. The number of likely N-dealkylation sites (N-methyl/N-ethyl adjacent to an activating group) is 1. The molecule has 0 saturated heterocycles. The Labute approximate surface area is 242 Å². The van der Waals surface area contributed by atoms with E-state index in [0.29, 0.717) is 31.0 Å². The lowest BCUT2D eigenvalue weighted by atomic mass is 9.42. The molecule has 3 nitrogen and oxygen atoms in total. The molecule has 0 spiro atoms. The van der Waals surface area contributed by atoms with Crippen LogP contribution >= 0.6 is 0 Å². The fourth-order valence-corrected chi connectivity index (χ4v) is 4.47. The van der Waals surface area contributed by atoms with E-state index in [1.54, 1.807) is 7.05 Å². The first kappa shape index (κ1) is 31.3. The van der Waals surface area contributed by atoms with Crippen molar-refractivity contribution in [1.82, 2.24) is 5.32 Å². The van der Waals surface area contributed by atoms with Gasteiger partial charge in [0.1, 0.15) is 12.4 Å². The molecular weight excluding hydrogens is 554 g/mol. The average Bonchev–Trinajstić information content (AvgIpc) is 2.98. The Morgan fingerprint density at radius 2 is 1.05 bits per heavy atom. The van der Waals surface area contributed by atoms with Crippen LogP contribution in [0.3, 0.4) is 0 Å². The van der Waals surface area contributed by atoms with Crippen LogP contribution in [0.5, 0.6) is 5.75 Å². The summed E-state index contributed by atoms with van der Waals surface area (Å²) in [4.78, 5) is 0. The zero-order chi connectivity index (χ0) is 30.3. The van der Waals surface area contributed by atoms with Gasteiger partial charge in [0.2, 0.25) is 6.71 Å². The first-order chi connectivity index (χ1) is 20.0. The highest BCUT2D eigenvalue weighted by Gasteiger charge is 2.31. The Hall–Kier alpha value is -3.69. The summed E-state index contributed by atoms with van der Waals surface area (Å²) in [5.74, 6) is 0.639. The molecule has 4 aromatic carbocycles. The van der Waals surface area contributed by atoms with Gasteiger partial charge in [0.25, 0.3) is 0 Å². The molecule has 0 amide bonds. The zero-order valence-electron chi connectivity index (χ0n) is 23.1. The number of nitrogens with one attached hydrogen (secondary N) is 1. The number of rotatable bonds is 11. The van der Waals surface area contributed by atoms with Crippen molar-refractivity contribution in [1.29, 1.82) is 0 Å². The molecule has 0 aliphatic heterocycles. The van der Waals surface area contributed by atoms with Crippen molar-refractivity contribution >= 4 is 35.5 Å². The van der Waals surface area contributed by atoms with Crippen molar-refractivity contribution in [3.63, 3.8) is 0 Å². The van der Waals surface area contributed by atoms with Crippen molar-refractivity contribution in [2.75, 3.05) is 20.2 Å². The summed E-state index contributed by atoms with van der Waals surface area (Å²) in [6, 6.07) is 25.1. The second kappa shape index (κ2) is 13.5. The third-order valence-corrected chi connectivity index (χ3v) is 6.98. The van der Waals surface area contributed by atoms with Gasteiger partial charge in [-0.05, 0) is 35.7 Å². The van der Waals surface area contributed by atoms with Gasteiger partial charge in [-0.15, -0.1) is 0 Å². The Balaban J connectivity index is 1.39. The third-order valence-electron chi connectivity index (χ3n) is 6.98. The molecule has 0 aromatic heterocycles. The van der Waals surface area contributed by atoms with Crippen LogP contribution in [0, 0.1) is 0 Å². The summed E-state index contributed by atoms with van der Waals surface area (Å²) in [6.07, 6.45) is -8.78. The van der Waals surface area contributed by atoms with Gasteiger partial charge < -0.3 is 14.7 Å². The predicted molar refractivity (Wildman–Crippen MR) is 156 cm³/mol. The normalized spacial score (nSPS) is 11.8. The molecule has 0 saturated carbocycles. The lowest BCUT2D eigenvalue weighted by Gasteiger charge is -2.17. The molecule has 0 aliphatic carbocycles. The van der Waals surface area contributed by atoms with Gasteiger partial charge in [-0.25, -0.2) is 0 Å². The first-order valence-electron chi connectivity index (χ1n) is 13.4. The van der Waals surface area contributed by atoms with Gasteiger partial charge >= 0.3 is 19.3 Å². The smallest absolute Gasteiger partial charge is 0.416 e. The molecule has 0 atom stereocenters. The molecule has 42 heavy (non-hydrogen) atoms. The molecule has 11 heteroatoms. The summed E-state index contributed by atoms with van der Waals surface area (Å²) in [5.41, 5.74) is 2.65. The standard InChI is InChI=1S/C31H29B2F6NO2/c1-32(25-11-5-23(6-12-25)30(34,35)36)26-15-17-29(18-16-26)41-21-22-3-9-27(10-4-22)33(42-20-19-40-2)28-13-7-24(8-14-28)31(37,38)39/h3-18,40H,19-21H2,1-2H3. The largest absolute Gasteiger partial charge is 0.489 e. The van der Waals surface area contributed by atoms with Gasteiger partial charge in [0.05, 0.1) is 11.1 Å². The average molecular weight is 583 g/mol. The van der Waals surface area contributed by atoms with Crippen LogP contribution in [0.25, 0.3) is 0 Å². The fraction of sp³-hybridized carbons (Fsp3) is 0.226. The van der Waals surface area contributed by atoms with E-state index in [9.17, 15) is 26.3 Å². The SMILES string of the molecule is CNCCOB(c1ccc(COc2ccc(B(C)c3ccc(C(F)(F)F)cc3)cc2)cc1)c1ccc(C(F)(F)F)cc1. The molecule has 0 heterocycles. The maximum absolute atomic E-state index is 13.0. The highest BCUT2D eigenvalue weighted by Crippen LogP contribution is 2.29. The molecule has 4 aromatic rings. The molecule has 0 fully saturated rings. The van der Waals surface area contributed by atoms with Gasteiger partial charge in [-0.1, -0.05) is 103 Å². The van der Waals surface area contributed by atoms with Crippen LogP contribution in [0.4, 0.5) is 26.3 Å². The van der Waals surface area contributed by atoms with E-state index in [1.165, 1.54) is 24.3 Å². The number of alkyl halides is 6. The third kappa shape index (κ3) is 8.20. The molecule has 0 bridgehead atoms. The zero-order valence-corrected chi connectivity index (χ0v) is 23.1. The van der Waals surface area contributed by atoms with Crippen LogP contribution in [-0.2, 0) is 23.6 Å². The monoisotopic (exact) mass is 583 g/mol. The Bertz CT molecular complexity index is 1410. The van der Waals surface area contributed by atoms with E-state index in [0.717, 1.165) is 46.2 Å².